The summed E-state index contributed by atoms with van der Waals surface area (Å²) in [6.07, 6.45) is 5.86. The van der Waals surface area contributed by atoms with E-state index in [0.717, 1.165) is 0 Å². The van der Waals surface area contributed by atoms with Gasteiger partial charge in [-0.25, -0.2) is 8.42 Å². The van der Waals surface area contributed by atoms with Crippen molar-refractivity contribution in [2.24, 2.45) is 7.05 Å². The first-order valence-electron chi connectivity index (χ1n) is 7.76. The number of hydrogen-bond acceptors (Lipinski definition) is 5. The van der Waals surface area contributed by atoms with Gasteiger partial charge in [-0.1, -0.05) is 11.6 Å². The van der Waals surface area contributed by atoms with Gasteiger partial charge in [0.1, 0.15) is 10.9 Å². The molecule has 1 atom stereocenters. The summed E-state index contributed by atoms with van der Waals surface area (Å²) in [7, 11) is -1.92. The van der Waals surface area contributed by atoms with Crippen LogP contribution < -0.4 is 0 Å². The smallest absolute Gasteiger partial charge is 0.247 e. The largest absolute Gasteiger partial charge is 0.338 e. The summed E-state index contributed by atoms with van der Waals surface area (Å²) in [5.74, 6) is -0.113. The van der Waals surface area contributed by atoms with E-state index in [-0.39, 0.29) is 23.9 Å². The van der Waals surface area contributed by atoms with Crippen LogP contribution in [0.25, 0.3) is 0 Å². The highest BCUT2D eigenvalue weighted by molar-refractivity contribution is 7.89. The van der Waals surface area contributed by atoms with E-state index in [1.807, 2.05) is 0 Å². The number of nitrogens with zero attached hydrogens (tertiary/aromatic N) is 6. The van der Waals surface area contributed by atoms with E-state index in [2.05, 4.69) is 10.2 Å². The van der Waals surface area contributed by atoms with Crippen molar-refractivity contribution < 1.29 is 13.2 Å². The molecular weight excluding hydrogens is 368 g/mol. The zero-order valence-electron chi connectivity index (χ0n) is 13.9. The van der Waals surface area contributed by atoms with Crippen molar-refractivity contribution in [1.82, 2.24) is 28.8 Å². The summed E-state index contributed by atoms with van der Waals surface area (Å²) in [6.45, 7) is 2.89. The second-order valence-electron chi connectivity index (χ2n) is 5.89. The molecular formula is C14H19ClN6O3S. The van der Waals surface area contributed by atoms with Crippen LogP contribution in [0.3, 0.4) is 0 Å². The molecule has 1 saturated heterocycles. The molecule has 0 spiro atoms. The molecule has 0 aliphatic carbocycles. The van der Waals surface area contributed by atoms with Crippen LogP contribution in [-0.4, -0.2) is 69.3 Å². The van der Waals surface area contributed by atoms with Gasteiger partial charge in [0, 0.05) is 45.6 Å². The summed E-state index contributed by atoms with van der Waals surface area (Å²) >= 11 is 5.84. The number of halogens is 1. The Morgan fingerprint density at radius 2 is 1.84 bits per heavy atom. The van der Waals surface area contributed by atoms with E-state index in [1.165, 1.54) is 32.3 Å². The lowest BCUT2D eigenvalue weighted by Gasteiger charge is -2.35. The number of carbonyl (C=O) groups excluding carboxylic acids is 1. The molecule has 3 rings (SSSR count). The van der Waals surface area contributed by atoms with Gasteiger partial charge in [-0.3, -0.25) is 14.2 Å². The monoisotopic (exact) mass is 386 g/mol. The van der Waals surface area contributed by atoms with E-state index in [0.29, 0.717) is 18.1 Å². The average molecular weight is 387 g/mol. The summed E-state index contributed by atoms with van der Waals surface area (Å²) in [5, 5.41) is 8.42. The zero-order chi connectivity index (χ0) is 18.2. The second kappa shape index (κ2) is 6.77. The molecule has 0 saturated carbocycles. The Balaban J connectivity index is 1.64. The Labute approximate surface area is 150 Å². The Bertz CT molecular complexity index is 869. The van der Waals surface area contributed by atoms with Crippen molar-refractivity contribution in [2.45, 2.75) is 17.9 Å². The van der Waals surface area contributed by atoms with Crippen LogP contribution >= 0.6 is 11.6 Å². The first-order chi connectivity index (χ1) is 11.8. The number of aromatic nitrogens is 4. The molecule has 0 bridgehead atoms. The molecule has 1 amide bonds. The molecule has 0 N–H and O–H groups in total. The molecule has 0 aromatic carbocycles. The van der Waals surface area contributed by atoms with Crippen LogP contribution in [0.15, 0.2) is 29.7 Å². The van der Waals surface area contributed by atoms with Gasteiger partial charge in [-0.2, -0.15) is 14.5 Å². The van der Waals surface area contributed by atoms with Crippen LogP contribution in [0.1, 0.15) is 13.0 Å². The summed E-state index contributed by atoms with van der Waals surface area (Å²) < 4.78 is 29.5. The highest BCUT2D eigenvalue weighted by Crippen LogP contribution is 2.19. The third kappa shape index (κ3) is 3.55. The van der Waals surface area contributed by atoms with Crippen LogP contribution in [0.2, 0.25) is 5.02 Å². The number of carbonyl (C=O) groups is 1. The SMILES string of the molecule is CC(C(=O)N1CCN(S(=O)(=O)c2cnn(C)c2)CC1)n1cc(Cl)cn1. The average Bonchev–Trinajstić information content (AvgIpc) is 3.22. The number of sulfonamides is 1. The molecule has 1 aliphatic rings. The fourth-order valence-corrected chi connectivity index (χ4v) is 4.29. The van der Waals surface area contributed by atoms with Crippen molar-refractivity contribution in [3.8, 4) is 0 Å². The van der Waals surface area contributed by atoms with Gasteiger partial charge in [0.15, 0.2) is 0 Å². The molecule has 2 aromatic heterocycles. The predicted octanol–water partition coefficient (Wildman–Crippen LogP) is 0.364. The first kappa shape index (κ1) is 17.9. The number of rotatable bonds is 4. The molecule has 1 aliphatic heterocycles. The van der Waals surface area contributed by atoms with Gasteiger partial charge < -0.3 is 4.90 Å². The molecule has 11 heteroatoms. The number of hydrogen-bond donors (Lipinski definition) is 0. The van der Waals surface area contributed by atoms with E-state index < -0.39 is 16.1 Å². The summed E-state index contributed by atoms with van der Waals surface area (Å²) in [4.78, 5) is 14.4. The lowest BCUT2D eigenvalue weighted by molar-refractivity contribution is -0.135. The Hall–Kier alpha value is -1.91. The molecule has 136 valence electrons. The van der Waals surface area contributed by atoms with Crippen molar-refractivity contribution in [1.29, 1.82) is 0 Å². The van der Waals surface area contributed by atoms with E-state index in [9.17, 15) is 13.2 Å². The van der Waals surface area contributed by atoms with Crippen molar-refractivity contribution in [2.75, 3.05) is 26.2 Å². The highest BCUT2D eigenvalue weighted by atomic mass is 35.5. The number of piperazine rings is 1. The van der Waals surface area contributed by atoms with E-state index in [1.54, 1.807) is 25.1 Å². The number of aryl methyl sites for hydroxylation is 1. The molecule has 3 heterocycles. The lowest BCUT2D eigenvalue weighted by Crippen LogP contribution is -2.51. The molecule has 25 heavy (non-hydrogen) atoms. The molecule has 2 aromatic rings. The Kier molecular flexibility index (Phi) is 4.85. The van der Waals surface area contributed by atoms with Crippen LogP contribution in [0, 0.1) is 0 Å². The minimum absolute atomic E-state index is 0.113. The van der Waals surface area contributed by atoms with Gasteiger partial charge in [-0.05, 0) is 6.92 Å². The maximum atomic E-state index is 12.6. The molecule has 0 radical (unpaired) electrons. The van der Waals surface area contributed by atoms with Gasteiger partial charge in [0.05, 0.1) is 17.4 Å². The topological polar surface area (TPSA) is 93.3 Å². The van der Waals surface area contributed by atoms with Crippen LogP contribution in [0.4, 0.5) is 0 Å². The fraction of sp³-hybridized carbons (Fsp3) is 0.500. The van der Waals surface area contributed by atoms with Crippen molar-refractivity contribution >= 4 is 27.5 Å². The summed E-state index contributed by atoms with van der Waals surface area (Å²) in [5.41, 5.74) is 0. The maximum absolute atomic E-state index is 12.6. The van der Waals surface area contributed by atoms with Gasteiger partial charge in [0.25, 0.3) is 0 Å². The minimum atomic E-state index is -3.58. The second-order valence-corrected chi connectivity index (χ2v) is 8.27. The van der Waals surface area contributed by atoms with Crippen LogP contribution in [-0.2, 0) is 21.9 Å². The molecule has 1 fully saturated rings. The molecule has 1 unspecified atom stereocenters. The lowest BCUT2D eigenvalue weighted by atomic mass is 10.2. The third-order valence-corrected chi connectivity index (χ3v) is 6.24. The first-order valence-corrected chi connectivity index (χ1v) is 9.58. The number of amides is 1. The van der Waals surface area contributed by atoms with Crippen molar-refractivity contribution in [3.05, 3.63) is 29.8 Å². The normalized spacial score (nSPS) is 17.6. The third-order valence-electron chi connectivity index (χ3n) is 4.19. The van der Waals surface area contributed by atoms with Crippen molar-refractivity contribution in [3.63, 3.8) is 0 Å². The molecule has 9 nitrogen and oxygen atoms in total. The predicted molar refractivity (Wildman–Crippen MR) is 90.5 cm³/mol. The maximum Gasteiger partial charge on any atom is 0.247 e. The summed E-state index contributed by atoms with van der Waals surface area (Å²) in [6, 6.07) is -0.492. The standard InChI is InChI=1S/C14H19ClN6O3S/c1-11(21-9-12(15)7-17-21)14(22)19-3-5-20(6-4-19)25(23,24)13-8-16-18(2)10-13/h7-11H,3-6H2,1-2H3. The van der Waals surface area contributed by atoms with Gasteiger partial charge >= 0.3 is 0 Å². The highest BCUT2D eigenvalue weighted by Gasteiger charge is 2.32. The Morgan fingerprint density at radius 3 is 2.36 bits per heavy atom. The van der Waals surface area contributed by atoms with E-state index >= 15 is 0 Å². The zero-order valence-corrected chi connectivity index (χ0v) is 15.5. The van der Waals surface area contributed by atoms with Crippen LogP contribution in [0.5, 0.6) is 0 Å². The quantitative estimate of drug-likeness (QED) is 0.756. The minimum Gasteiger partial charge on any atom is -0.338 e. The fourth-order valence-electron chi connectivity index (χ4n) is 2.73. The Morgan fingerprint density at radius 1 is 1.16 bits per heavy atom. The van der Waals surface area contributed by atoms with Gasteiger partial charge in [0.2, 0.25) is 15.9 Å². The van der Waals surface area contributed by atoms with Gasteiger partial charge in [-0.15, -0.1) is 0 Å². The van der Waals surface area contributed by atoms with E-state index in [4.69, 9.17) is 11.6 Å².